The molecule has 8 rings (SSSR count). The molecule has 0 bridgehead atoms. The summed E-state index contributed by atoms with van der Waals surface area (Å²) >= 11 is 5.90. The maximum atomic E-state index is 13.3. The first-order chi connectivity index (χ1) is 19.3. The van der Waals surface area contributed by atoms with Crippen molar-refractivity contribution in [3.8, 4) is 11.4 Å². The molecule has 0 atom stereocenters. The Kier molecular flexibility index (Phi) is 5.09. The van der Waals surface area contributed by atoms with Crippen LogP contribution in [-0.2, 0) is 0 Å². The zero-order valence-electron chi connectivity index (χ0n) is 20.1. The number of pyridine rings is 1. The van der Waals surface area contributed by atoms with E-state index in [9.17, 15) is 23.6 Å². The van der Waals surface area contributed by atoms with Crippen molar-refractivity contribution in [2.75, 3.05) is 0 Å². The van der Waals surface area contributed by atoms with Crippen LogP contribution in [0.4, 0.5) is 4.39 Å². The number of rotatable bonds is 0. The Bertz CT molecular complexity index is 2080. The molecule has 0 saturated heterocycles. The number of para-hydroxylation sites is 1. The molecule has 40 heavy (non-hydrogen) atoms. The number of carbonyl (C=O) groups is 2. The summed E-state index contributed by atoms with van der Waals surface area (Å²) in [6, 6.07) is 18.8. The summed E-state index contributed by atoms with van der Waals surface area (Å²) in [6.45, 7) is 0. The number of carbonyl (C=O) groups excluding carboxylic acids is 2. The van der Waals surface area contributed by atoms with Gasteiger partial charge in [-0.05, 0) is 60.7 Å². The molecule has 0 fully saturated rings. The van der Waals surface area contributed by atoms with Crippen molar-refractivity contribution in [3.63, 3.8) is 0 Å². The van der Waals surface area contributed by atoms with E-state index in [0.29, 0.717) is 38.3 Å². The van der Waals surface area contributed by atoms with Gasteiger partial charge in [-0.2, -0.15) is 0 Å². The monoisotopic (exact) mass is 549 g/mol. The van der Waals surface area contributed by atoms with E-state index >= 15 is 0 Å². The van der Waals surface area contributed by atoms with Gasteiger partial charge in [-0.15, -0.1) is 0 Å². The summed E-state index contributed by atoms with van der Waals surface area (Å²) in [5, 5.41) is 1.26. The molecule has 0 spiro atoms. The Balaban J connectivity index is 0.000000132. The standard InChI is InChI=1S/C15H7FN2O2.C14H6ClN3O2/c16-8-5-6-12-10(7-8)13(19)14-17-11-4-2-1-3-9(11)15(20)18(12)14;15-7-3-4-10-9(6-7)11(19)13-17-12-8(2-1-5-16-12)14(20)18(10)13/h1-7H;1-6H. The molecule has 3 aromatic heterocycles. The molecule has 5 heterocycles. The fraction of sp³-hybridized carbons (Fsp3) is 0. The minimum atomic E-state index is -0.512. The van der Waals surface area contributed by atoms with Gasteiger partial charge in [0.15, 0.2) is 17.3 Å². The lowest BCUT2D eigenvalue weighted by Crippen LogP contribution is -2.21. The predicted octanol–water partition coefficient (Wildman–Crippen LogP) is 4.05. The minimum Gasteiger partial charge on any atom is -0.285 e. The van der Waals surface area contributed by atoms with Gasteiger partial charge in [0.05, 0.1) is 38.8 Å². The Hall–Kier alpha value is -5.35. The molecule has 0 saturated carbocycles. The lowest BCUT2D eigenvalue weighted by atomic mass is 10.1. The second kappa shape index (κ2) is 8.58. The maximum Gasteiger partial charge on any atom is 0.267 e. The van der Waals surface area contributed by atoms with E-state index in [0.717, 1.165) is 6.07 Å². The Labute approximate surface area is 227 Å². The highest BCUT2D eigenvalue weighted by Crippen LogP contribution is 2.29. The van der Waals surface area contributed by atoms with Crippen LogP contribution < -0.4 is 11.1 Å². The summed E-state index contributed by atoms with van der Waals surface area (Å²) in [5.74, 6) is -1.13. The highest BCUT2D eigenvalue weighted by atomic mass is 35.5. The molecule has 0 amide bonds. The van der Waals surface area contributed by atoms with Gasteiger partial charge in [-0.1, -0.05) is 23.7 Å². The van der Waals surface area contributed by atoms with Crippen molar-refractivity contribution in [1.82, 2.24) is 24.1 Å². The molecule has 3 aromatic carbocycles. The van der Waals surface area contributed by atoms with E-state index in [4.69, 9.17) is 11.6 Å². The van der Waals surface area contributed by atoms with Crippen LogP contribution in [0.2, 0.25) is 5.02 Å². The lowest BCUT2D eigenvalue weighted by Gasteiger charge is -2.04. The fourth-order valence-electron chi connectivity index (χ4n) is 4.92. The largest absolute Gasteiger partial charge is 0.285 e. The molecule has 2 aliphatic heterocycles. The second-order valence-electron chi connectivity index (χ2n) is 9.02. The molecule has 0 N–H and O–H groups in total. The van der Waals surface area contributed by atoms with Gasteiger partial charge in [0, 0.05) is 11.2 Å². The van der Waals surface area contributed by atoms with Crippen LogP contribution in [0.3, 0.4) is 0 Å². The van der Waals surface area contributed by atoms with Crippen molar-refractivity contribution in [1.29, 1.82) is 0 Å². The lowest BCUT2D eigenvalue weighted by molar-refractivity contribution is 0.102. The first kappa shape index (κ1) is 23.7. The van der Waals surface area contributed by atoms with Crippen molar-refractivity contribution < 1.29 is 14.0 Å². The Morgan fingerprint density at radius 3 is 2.08 bits per heavy atom. The Morgan fingerprint density at radius 2 is 1.30 bits per heavy atom. The highest BCUT2D eigenvalue weighted by Gasteiger charge is 2.31. The quantitative estimate of drug-likeness (QED) is 0.280. The molecular formula is C29H13ClFN5O4. The van der Waals surface area contributed by atoms with Gasteiger partial charge >= 0.3 is 0 Å². The van der Waals surface area contributed by atoms with Gasteiger partial charge in [0.1, 0.15) is 5.82 Å². The number of nitrogens with zero attached hydrogens (tertiary/aromatic N) is 5. The molecule has 2 aliphatic rings. The van der Waals surface area contributed by atoms with E-state index in [-0.39, 0.29) is 39.8 Å². The molecule has 6 aromatic rings. The molecule has 0 aliphatic carbocycles. The average Bonchev–Trinajstić information content (AvgIpc) is 3.40. The SMILES string of the molecule is O=C1c2cc(Cl)ccc2-n2c1nc1ncccc1c2=O.O=C1c2cc(F)ccc2-n2c1nc1ccccc1c2=O. The molecule has 9 nitrogen and oxygen atoms in total. The third kappa shape index (κ3) is 3.36. The summed E-state index contributed by atoms with van der Waals surface area (Å²) in [4.78, 5) is 62.0. The number of hydrogen-bond acceptors (Lipinski definition) is 7. The van der Waals surface area contributed by atoms with Gasteiger partial charge in [0.25, 0.3) is 11.1 Å². The molecule has 11 heteroatoms. The van der Waals surface area contributed by atoms with Gasteiger partial charge in [0.2, 0.25) is 11.6 Å². The van der Waals surface area contributed by atoms with Crippen LogP contribution in [-0.4, -0.2) is 35.7 Å². The van der Waals surface area contributed by atoms with E-state index in [2.05, 4.69) is 15.0 Å². The number of fused-ring (bicyclic) bond motifs is 8. The smallest absolute Gasteiger partial charge is 0.267 e. The average molecular weight is 550 g/mol. The predicted molar refractivity (Wildman–Crippen MR) is 144 cm³/mol. The maximum absolute atomic E-state index is 13.3. The van der Waals surface area contributed by atoms with Crippen LogP contribution in [0.5, 0.6) is 0 Å². The minimum absolute atomic E-state index is 0.0364. The molecule has 0 unspecified atom stereocenters. The zero-order chi connectivity index (χ0) is 27.7. The third-order valence-corrected chi connectivity index (χ3v) is 6.95. The highest BCUT2D eigenvalue weighted by molar-refractivity contribution is 6.31. The second-order valence-corrected chi connectivity index (χ2v) is 9.46. The van der Waals surface area contributed by atoms with Crippen LogP contribution in [0.25, 0.3) is 33.3 Å². The van der Waals surface area contributed by atoms with Crippen LogP contribution in [0, 0.1) is 5.82 Å². The fourth-order valence-corrected chi connectivity index (χ4v) is 5.09. The Morgan fingerprint density at radius 1 is 0.675 bits per heavy atom. The normalized spacial score (nSPS) is 12.6. The topological polar surface area (TPSA) is 117 Å². The summed E-state index contributed by atoms with van der Waals surface area (Å²) in [7, 11) is 0. The van der Waals surface area contributed by atoms with Crippen LogP contribution in [0.1, 0.15) is 32.4 Å². The van der Waals surface area contributed by atoms with E-state index < -0.39 is 11.6 Å². The first-order valence-electron chi connectivity index (χ1n) is 11.9. The summed E-state index contributed by atoms with van der Waals surface area (Å²) in [6.07, 6.45) is 1.54. The van der Waals surface area contributed by atoms with Crippen molar-refractivity contribution in [3.05, 3.63) is 133 Å². The summed E-state index contributed by atoms with van der Waals surface area (Å²) in [5.41, 5.74) is 1.58. The van der Waals surface area contributed by atoms with Crippen molar-refractivity contribution in [2.24, 2.45) is 0 Å². The van der Waals surface area contributed by atoms with E-state index in [1.165, 1.54) is 27.5 Å². The summed E-state index contributed by atoms with van der Waals surface area (Å²) < 4.78 is 15.8. The van der Waals surface area contributed by atoms with Gasteiger partial charge in [-0.25, -0.2) is 19.3 Å². The number of halogens is 2. The third-order valence-electron chi connectivity index (χ3n) is 6.71. The zero-order valence-corrected chi connectivity index (χ0v) is 20.9. The molecular weight excluding hydrogens is 537 g/mol. The van der Waals surface area contributed by atoms with Crippen molar-refractivity contribution in [2.45, 2.75) is 0 Å². The van der Waals surface area contributed by atoms with E-state index in [1.807, 2.05) is 0 Å². The van der Waals surface area contributed by atoms with Crippen LogP contribution >= 0.6 is 11.6 Å². The number of hydrogen-bond donors (Lipinski definition) is 0. The number of ketones is 2. The molecule has 192 valence electrons. The van der Waals surface area contributed by atoms with Gasteiger partial charge < -0.3 is 0 Å². The first-order valence-corrected chi connectivity index (χ1v) is 12.3. The number of aromatic nitrogens is 5. The van der Waals surface area contributed by atoms with E-state index in [1.54, 1.807) is 54.6 Å². The van der Waals surface area contributed by atoms with Crippen LogP contribution in [0.15, 0.2) is 88.6 Å². The molecule has 0 radical (unpaired) electrons. The van der Waals surface area contributed by atoms with Crippen molar-refractivity contribution >= 4 is 45.1 Å². The van der Waals surface area contributed by atoms with Gasteiger partial charge in [-0.3, -0.25) is 28.3 Å². The number of benzene rings is 3.